The van der Waals surface area contributed by atoms with Crippen molar-refractivity contribution >= 4 is 21.4 Å². The highest BCUT2D eigenvalue weighted by atomic mass is 32.2. The maximum atomic E-state index is 12.2. The van der Waals surface area contributed by atoms with E-state index in [0.717, 1.165) is 12.1 Å². The van der Waals surface area contributed by atoms with Crippen molar-refractivity contribution in [2.24, 2.45) is 5.14 Å². The summed E-state index contributed by atoms with van der Waals surface area (Å²) in [6.45, 7) is -2.91. The maximum Gasteiger partial charge on any atom is 0.387 e. The monoisotopic (exact) mass is 373 g/mol. The number of nitrogens with zero attached hydrogens (tertiary/aromatic N) is 1. The lowest BCUT2D eigenvalue weighted by atomic mass is 10.2. The van der Waals surface area contributed by atoms with E-state index in [2.05, 4.69) is 10.1 Å². The number of anilines is 1. The van der Waals surface area contributed by atoms with Crippen molar-refractivity contribution in [3.05, 3.63) is 58.1 Å². The van der Waals surface area contributed by atoms with E-state index < -0.39 is 32.1 Å². The van der Waals surface area contributed by atoms with Crippen LogP contribution in [0.25, 0.3) is 0 Å². The first-order valence-electron chi connectivity index (χ1n) is 6.75. The zero-order valence-electron chi connectivity index (χ0n) is 12.6. The molecule has 0 amide bonds. The highest BCUT2D eigenvalue weighted by Crippen LogP contribution is 2.26. The Morgan fingerprint density at radius 1 is 1.24 bits per heavy atom. The van der Waals surface area contributed by atoms with Gasteiger partial charge in [-0.25, -0.2) is 13.6 Å². The van der Waals surface area contributed by atoms with Gasteiger partial charge in [0.15, 0.2) is 0 Å². The average Bonchev–Trinajstić information content (AvgIpc) is 2.51. The summed E-state index contributed by atoms with van der Waals surface area (Å²) in [5.41, 5.74) is 0.145. The molecule has 8 nitrogen and oxygen atoms in total. The molecule has 25 heavy (non-hydrogen) atoms. The van der Waals surface area contributed by atoms with Crippen molar-refractivity contribution in [1.29, 1.82) is 0 Å². The van der Waals surface area contributed by atoms with E-state index in [1.165, 1.54) is 24.3 Å². The first kappa shape index (κ1) is 18.5. The smallest absolute Gasteiger partial charge is 0.387 e. The van der Waals surface area contributed by atoms with Gasteiger partial charge in [-0.1, -0.05) is 12.1 Å². The van der Waals surface area contributed by atoms with Gasteiger partial charge in [0.25, 0.3) is 5.69 Å². The molecule has 2 aromatic rings. The third-order valence-electron chi connectivity index (χ3n) is 3.09. The number of nitrogens with two attached hydrogens (primary N) is 1. The molecule has 2 aromatic carbocycles. The minimum absolute atomic E-state index is 0.0493. The summed E-state index contributed by atoms with van der Waals surface area (Å²) >= 11 is 0. The largest absolute Gasteiger partial charge is 0.435 e. The number of hydrogen-bond donors (Lipinski definition) is 2. The standard InChI is InChI=1S/C14H13F2N3O5S/c15-14(16)24-11-3-1-2-9(6-11)8-18-12-5-4-10(19(20)21)7-13(12)25(17,22)23/h1-7,14,18H,8H2,(H2,17,22,23). The molecule has 0 saturated heterocycles. The molecule has 0 aromatic heterocycles. The van der Waals surface area contributed by atoms with Gasteiger partial charge in [0, 0.05) is 18.7 Å². The van der Waals surface area contributed by atoms with Crippen molar-refractivity contribution in [2.45, 2.75) is 18.1 Å². The molecular weight excluding hydrogens is 360 g/mol. The molecule has 0 saturated carbocycles. The number of non-ortho nitro benzene ring substituents is 1. The molecule has 0 aliphatic rings. The van der Waals surface area contributed by atoms with Crippen LogP contribution in [0.2, 0.25) is 0 Å². The summed E-state index contributed by atoms with van der Waals surface area (Å²) in [4.78, 5) is 9.58. The van der Waals surface area contributed by atoms with Crippen LogP contribution in [0.15, 0.2) is 47.4 Å². The van der Waals surface area contributed by atoms with Gasteiger partial charge in [0.2, 0.25) is 10.0 Å². The molecule has 0 unspecified atom stereocenters. The van der Waals surface area contributed by atoms with Crippen LogP contribution >= 0.6 is 0 Å². The number of halogens is 2. The van der Waals surface area contributed by atoms with Crippen molar-refractivity contribution in [3.63, 3.8) is 0 Å². The van der Waals surface area contributed by atoms with E-state index in [9.17, 15) is 27.3 Å². The topological polar surface area (TPSA) is 125 Å². The van der Waals surface area contributed by atoms with Crippen LogP contribution in [0.1, 0.15) is 5.56 Å². The van der Waals surface area contributed by atoms with Gasteiger partial charge in [-0.05, 0) is 23.8 Å². The van der Waals surface area contributed by atoms with Crippen molar-refractivity contribution in [1.82, 2.24) is 0 Å². The molecular formula is C14H13F2N3O5S. The van der Waals surface area contributed by atoms with Crippen LogP contribution in [-0.2, 0) is 16.6 Å². The second-order valence-electron chi connectivity index (χ2n) is 4.86. The van der Waals surface area contributed by atoms with E-state index in [-0.39, 0.29) is 18.0 Å². The Balaban J connectivity index is 2.25. The summed E-state index contributed by atoms with van der Waals surface area (Å²) in [6, 6.07) is 8.95. The summed E-state index contributed by atoms with van der Waals surface area (Å²) in [7, 11) is -4.21. The lowest BCUT2D eigenvalue weighted by molar-refractivity contribution is -0.385. The fourth-order valence-corrected chi connectivity index (χ4v) is 2.77. The first-order chi connectivity index (χ1) is 11.7. The van der Waals surface area contributed by atoms with Crippen molar-refractivity contribution < 1.29 is 26.9 Å². The van der Waals surface area contributed by atoms with Gasteiger partial charge in [-0.15, -0.1) is 0 Å². The van der Waals surface area contributed by atoms with Crippen LogP contribution in [0.5, 0.6) is 5.75 Å². The fourth-order valence-electron chi connectivity index (χ4n) is 2.03. The molecule has 2 rings (SSSR count). The quantitative estimate of drug-likeness (QED) is 0.567. The highest BCUT2D eigenvalue weighted by Gasteiger charge is 2.19. The van der Waals surface area contributed by atoms with Crippen molar-refractivity contribution in [2.75, 3.05) is 5.32 Å². The summed E-state index contributed by atoms with van der Waals surface area (Å²) in [6.07, 6.45) is 0. The molecule has 0 atom stereocenters. The fraction of sp³-hybridized carbons (Fsp3) is 0.143. The van der Waals surface area contributed by atoms with Gasteiger partial charge in [0.05, 0.1) is 10.6 Å². The third kappa shape index (κ3) is 5.09. The highest BCUT2D eigenvalue weighted by molar-refractivity contribution is 7.89. The Kier molecular flexibility index (Phi) is 5.49. The Morgan fingerprint density at radius 3 is 2.56 bits per heavy atom. The van der Waals surface area contributed by atoms with Gasteiger partial charge in [-0.2, -0.15) is 8.78 Å². The second-order valence-corrected chi connectivity index (χ2v) is 6.39. The number of ether oxygens (including phenoxy) is 1. The number of nitro benzene ring substituents is 1. The van der Waals surface area contributed by atoms with Gasteiger partial charge in [0.1, 0.15) is 10.6 Å². The summed E-state index contributed by atoms with van der Waals surface area (Å²) in [5.74, 6) is -0.0512. The zero-order chi connectivity index (χ0) is 18.6. The number of nitrogens with one attached hydrogen (secondary N) is 1. The molecule has 0 radical (unpaired) electrons. The summed E-state index contributed by atoms with van der Waals surface area (Å²) in [5, 5.41) is 18.6. The van der Waals surface area contributed by atoms with E-state index in [0.29, 0.717) is 5.56 Å². The van der Waals surface area contributed by atoms with E-state index in [4.69, 9.17) is 5.14 Å². The number of primary sulfonamides is 1. The van der Waals surface area contributed by atoms with Gasteiger partial charge < -0.3 is 10.1 Å². The molecule has 0 aliphatic carbocycles. The Labute approximate surface area is 141 Å². The number of nitro groups is 1. The summed E-state index contributed by atoms with van der Waals surface area (Å²) < 4.78 is 52.0. The van der Waals surface area contributed by atoms with E-state index >= 15 is 0 Å². The van der Waals surface area contributed by atoms with Crippen LogP contribution in [-0.4, -0.2) is 20.0 Å². The van der Waals surface area contributed by atoms with Crippen LogP contribution in [0, 0.1) is 10.1 Å². The van der Waals surface area contributed by atoms with Gasteiger partial charge >= 0.3 is 6.61 Å². The lowest BCUT2D eigenvalue weighted by Gasteiger charge is -2.12. The maximum absolute atomic E-state index is 12.2. The molecule has 0 fully saturated rings. The molecule has 134 valence electrons. The molecule has 3 N–H and O–H groups in total. The van der Waals surface area contributed by atoms with E-state index in [1.807, 2.05) is 0 Å². The number of rotatable bonds is 7. The minimum atomic E-state index is -4.21. The second kappa shape index (κ2) is 7.40. The minimum Gasteiger partial charge on any atom is -0.435 e. The molecule has 0 aliphatic heterocycles. The predicted octanol–water partition coefficient (Wildman–Crippen LogP) is 2.46. The number of hydrogen-bond acceptors (Lipinski definition) is 6. The predicted molar refractivity (Wildman–Crippen MR) is 84.9 cm³/mol. The van der Waals surface area contributed by atoms with Gasteiger partial charge in [-0.3, -0.25) is 10.1 Å². The number of alkyl halides is 2. The number of sulfonamides is 1. The Hall–Kier alpha value is -2.79. The Bertz CT molecular complexity index is 890. The molecule has 0 heterocycles. The zero-order valence-corrected chi connectivity index (χ0v) is 13.4. The third-order valence-corrected chi connectivity index (χ3v) is 4.04. The first-order valence-corrected chi connectivity index (χ1v) is 8.30. The number of benzene rings is 2. The van der Waals surface area contributed by atoms with E-state index in [1.54, 1.807) is 6.07 Å². The molecule has 0 bridgehead atoms. The lowest BCUT2D eigenvalue weighted by Crippen LogP contribution is -2.15. The van der Waals surface area contributed by atoms with Crippen LogP contribution in [0.4, 0.5) is 20.2 Å². The van der Waals surface area contributed by atoms with Crippen LogP contribution in [0.3, 0.4) is 0 Å². The van der Waals surface area contributed by atoms with Crippen molar-refractivity contribution in [3.8, 4) is 5.75 Å². The SMILES string of the molecule is NS(=O)(=O)c1cc([N+](=O)[O-])ccc1NCc1cccc(OC(F)F)c1. The normalized spacial score (nSPS) is 11.4. The molecule has 11 heteroatoms. The average molecular weight is 373 g/mol. The van der Waals surface area contributed by atoms with Crippen LogP contribution < -0.4 is 15.2 Å². The Morgan fingerprint density at radius 2 is 1.96 bits per heavy atom. The molecule has 0 spiro atoms.